The van der Waals surface area contributed by atoms with Crippen molar-refractivity contribution >= 4 is 0 Å². The number of rotatable bonds is 6. The number of ether oxygens (including phenoxy) is 1. The number of nitrogens with zero attached hydrogens (tertiary/aromatic N) is 1. The molecule has 1 rings (SSSR count). The predicted octanol–water partition coefficient (Wildman–Crippen LogP) is 1.45. The highest BCUT2D eigenvalue weighted by Crippen LogP contribution is 2.11. The standard InChI is InChI=1S/C11H16N2O3/c1-9(13(14)15)7-12-8-10-4-3-5-11(6-10)16-2/h3-6,9,12H,7-8H2,1-2H3. The molecule has 1 aromatic rings. The molecule has 1 atom stereocenters. The van der Waals surface area contributed by atoms with E-state index in [0.29, 0.717) is 13.1 Å². The summed E-state index contributed by atoms with van der Waals surface area (Å²) in [5.74, 6) is 0.793. The van der Waals surface area contributed by atoms with Crippen molar-refractivity contribution in [2.45, 2.75) is 19.5 Å². The van der Waals surface area contributed by atoms with Crippen molar-refractivity contribution in [1.82, 2.24) is 5.32 Å². The van der Waals surface area contributed by atoms with Crippen LogP contribution in [0.4, 0.5) is 0 Å². The maximum Gasteiger partial charge on any atom is 0.222 e. The summed E-state index contributed by atoms with van der Waals surface area (Å²) in [7, 11) is 1.61. The maximum atomic E-state index is 10.4. The van der Waals surface area contributed by atoms with Crippen LogP contribution in [0.25, 0.3) is 0 Å². The van der Waals surface area contributed by atoms with Crippen LogP contribution in [-0.4, -0.2) is 24.6 Å². The van der Waals surface area contributed by atoms with Gasteiger partial charge in [-0.1, -0.05) is 12.1 Å². The minimum Gasteiger partial charge on any atom is -0.497 e. The monoisotopic (exact) mass is 224 g/mol. The lowest BCUT2D eigenvalue weighted by Crippen LogP contribution is -2.30. The SMILES string of the molecule is COc1cccc(CNCC(C)[N+](=O)[O-])c1. The van der Waals surface area contributed by atoms with Crippen LogP contribution in [0.3, 0.4) is 0 Å². The molecule has 88 valence electrons. The van der Waals surface area contributed by atoms with E-state index < -0.39 is 6.04 Å². The Morgan fingerprint density at radius 2 is 2.31 bits per heavy atom. The van der Waals surface area contributed by atoms with Crippen LogP contribution in [-0.2, 0) is 6.54 Å². The van der Waals surface area contributed by atoms with E-state index in [2.05, 4.69) is 5.32 Å². The summed E-state index contributed by atoms with van der Waals surface area (Å²) in [5, 5.41) is 13.4. The summed E-state index contributed by atoms with van der Waals surface area (Å²) < 4.78 is 5.08. The van der Waals surface area contributed by atoms with E-state index in [1.807, 2.05) is 24.3 Å². The fourth-order valence-electron chi connectivity index (χ4n) is 1.28. The zero-order valence-electron chi connectivity index (χ0n) is 9.47. The van der Waals surface area contributed by atoms with Gasteiger partial charge in [-0.3, -0.25) is 10.1 Å². The van der Waals surface area contributed by atoms with Crippen LogP contribution < -0.4 is 10.1 Å². The number of benzene rings is 1. The molecule has 0 saturated carbocycles. The zero-order valence-corrected chi connectivity index (χ0v) is 9.47. The van der Waals surface area contributed by atoms with Crippen molar-refractivity contribution in [3.8, 4) is 5.75 Å². The van der Waals surface area contributed by atoms with Gasteiger partial charge in [0.2, 0.25) is 6.04 Å². The summed E-state index contributed by atoms with van der Waals surface area (Å²) in [5.41, 5.74) is 1.05. The lowest BCUT2D eigenvalue weighted by atomic mass is 10.2. The fraction of sp³-hybridized carbons (Fsp3) is 0.455. The third-order valence-corrected chi connectivity index (χ3v) is 2.26. The Morgan fingerprint density at radius 3 is 2.94 bits per heavy atom. The Morgan fingerprint density at radius 1 is 1.56 bits per heavy atom. The molecule has 0 amide bonds. The van der Waals surface area contributed by atoms with E-state index >= 15 is 0 Å². The second-order valence-electron chi connectivity index (χ2n) is 3.62. The molecule has 1 unspecified atom stereocenters. The molecule has 5 nitrogen and oxygen atoms in total. The quantitative estimate of drug-likeness (QED) is 0.586. The third kappa shape index (κ3) is 3.86. The highest BCUT2D eigenvalue weighted by atomic mass is 16.6. The van der Waals surface area contributed by atoms with Gasteiger partial charge in [-0.15, -0.1) is 0 Å². The van der Waals surface area contributed by atoms with Gasteiger partial charge >= 0.3 is 0 Å². The topological polar surface area (TPSA) is 64.4 Å². The van der Waals surface area contributed by atoms with Gasteiger partial charge < -0.3 is 10.1 Å². The molecule has 0 saturated heterocycles. The molecule has 0 spiro atoms. The first kappa shape index (κ1) is 12.4. The lowest BCUT2D eigenvalue weighted by molar-refractivity contribution is -0.515. The van der Waals surface area contributed by atoms with Crippen LogP contribution >= 0.6 is 0 Å². The number of hydrogen-bond donors (Lipinski definition) is 1. The molecule has 0 aromatic heterocycles. The molecule has 5 heteroatoms. The summed E-state index contributed by atoms with van der Waals surface area (Å²) in [6, 6.07) is 7.05. The van der Waals surface area contributed by atoms with Gasteiger partial charge in [0.25, 0.3) is 0 Å². The molecule has 16 heavy (non-hydrogen) atoms. The van der Waals surface area contributed by atoms with E-state index in [1.165, 1.54) is 0 Å². The molecule has 0 aliphatic carbocycles. The summed E-state index contributed by atoms with van der Waals surface area (Å²) >= 11 is 0. The predicted molar refractivity (Wildman–Crippen MR) is 61.2 cm³/mol. The van der Waals surface area contributed by atoms with Gasteiger partial charge in [0.1, 0.15) is 5.75 Å². The molecular formula is C11H16N2O3. The Bertz CT molecular complexity index is 355. The summed E-state index contributed by atoms with van der Waals surface area (Å²) in [4.78, 5) is 10.1. The first-order valence-corrected chi connectivity index (χ1v) is 5.10. The normalized spacial score (nSPS) is 12.1. The Balaban J connectivity index is 2.39. The van der Waals surface area contributed by atoms with Gasteiger partial charge in [-0.2, -0.15) is 0 Å². The largest absolute Gasteiger partial charge is 0.497 e. The Labute approximate surface area is 94.6 Å². The average Bonchev–Trinajstić information content (AvgIpc) is 2.29. The van der Waals surface area contributed by atoms with Crippen LogP contribution in [0.5, 0.6) is 5.75 Å². The molecule has 0 bridgehead atoms. The van der Waals surface area contributed by atoms with Crippen LogP contribution in [0, 0.1) is 10.1 Å². The lowest BCUT2D eigenvalue weighted by Gasteiger charge is -2.07. The van der Waals surface area contributed by atoms with Crippen molar-refractivity contribution in [3.63, 3.8) is 0 Å². The van der Waals surface area contributed by atoms with Crippen molar-refractivity contribution in [1.29, 1.82) is 0 Å². The smallest absolute Gasteiger partial charge is 0.222 e. The van der Waals surface area contributed by atoms with Crippen LogP contribution in [0.2, 0.25) is 0 Å². The van der Waals surface area contributed by atoms with E-state index in [0.717, 1.165) is 11.3 Å². The van der Waals surface area contributed by atoms with Gasteiger partial charge in [0.05, 0.1) is 13.7 Å². The van der Waals surface area contributed by atoms with Gasteiger partial charge in [0, 0.05) is 18.4 Å². The summed E-state index contributed by atoms with van der Waals surface area (Å²) in [6.07, 6.45) is 0. The average molecular weight is 224 g/mol. The molecular weight excluding hydrogens is 208 g/mol. The Kier molecular flexibility index (Phi) is 4.72. The second kappa shape index (κ2) is 6.07. The van der Waals surface area contributed by atoms with E-state index in [9.17, 15) is 10.1 Å². The van der Waals surface area contributed by atoms with Crippen LogP contribution in [0.1, 0.15) is 12.5 Å². The molecule has 0 radical (unpaired) electrons. The molecule has 1 aromatic carbocycles. The first-order valence-electron chi connectivity index (χ1n) is 5.10. The first-order chi connectivity index (χ1) is 7.63. The summed E-state index contributed by atoms with van der Waals surface area (Å²) in [6.45, 7) is 2.55. The fourth-order valence-corrected chi connectivity index (χ4v) is 1.28. The number of methoxy groups -OCH3 is 1. The molecule has 0 aliphatic heterocycles. The van der Waals surface area contributed by atoms with Gasteiger partial charge in [0.15, 0.2) is 0 Å². The van der Waals surface area contributed by atoms with E-state index in [-0.39, 0.29) is 4.92 Å². The van der Waals surface area contributed by atoms with Crippen molar-refractivity contribution < 1.29 is 9.66 Å². The van der Waals surface area contributed by atoms with Crippen molar-refractivity contribution in [2.24, 2.45) is 0 Å². The van der Waals surface area contributed by atoms with Crippen molar-refractivity contribution in [3.05, 3.63) is 39.9 Å². The maximum absolute atomic E-state index is 10.4. The van der Waals surface area contributed by atoms with Crippen LogP contribution in [0.15, 0.2) is 24.3 Å². The highest BCUT2D eigenvalue weighted by molar-refractivity contribution is 5.28. The van der Waals surface area contributed by atoms with E-state index in [1.54, 1.807) is 14.0 Å². The third-order valence-electron chi connectivity index (χ3n) is 2.26. The minimum atomic E-state index is -0.564. The van der Waals surface area contributed by atoms with Gasteiger partial charge in [-0.25, -0.2) is 0 Å². The minimum absolute atomic E-state index is 0.293. The van der Waals surface area contributed by atoms with Crippen molar-refractivity contribution in [2.75, 3.05) is 13.7 Å². The number of nitrogens with one attached hydrogen (secondary N) is 1. The van der Waals surface area contributed by atoms with Gasteiger partial charge in [-0.05, 0) is 17.7 Å². The molecule has 0 aliphatic rings. The molecule has 1 N–H and O–H groups in total. The van der Waals surface area contributed by atoms with E-state index in [4.69, 9.17) is 4.74 Å². The molecule has 0 heterocycles. The highest BCUT2D eigenvalue weighted by Gasteiger charge is 2.10. The second-order valence-corrected chi connectivity index (χ2v) is 3.62. The zero-order chi connectivity index (χ0) is 12.0. The number of hydrogen-bond acceptors (Lipinski definition) is 4. The number of nitro groups is 1. The molecule has 0 fully saturated rings. The Hall–Kier alpha value is -1.62.